The molecule has 1 aromatic rings. The maximum absolute atomic E-state index is 11.8. The average Bonchev–Trinajstić information content (AvgIpc) is 2.27. The van der Waals surface area contributed by atoms with Gasteiger partial charge in [-0.1, -0.05) is 11.6 Å². The normalized spacial score (nSPS) is 13.1. The van der Waals surface area contributed by atoms with Crippen molar-refractivity contribution in [2.45, 2.75) is 17.9 Å². The lowest BCUT2D eigenvalue weighted by molar-refractivity contribution is -0.142. The van der Waals surface area contributed by atoms with Crippen LogP contribution in [-0.4, -0.2) is 32.5 Å². The lowest BCUT2D eigenvalue weighted by Crippen LogP contribution is -2.39. The first-order chi connectivity index (χ1) is 7.86. The van der Waals surface area contributed by atoms with Crippen molar-refractivity contribution >= 4 is 27.6 Å². The van der Waals surface area contributed by atoms with E-state index in [2.05, 4.69) is 14.4 Å². The minimum Gasteiger partial charge on any atom is -0.468 e. The Morgan fingerprint density at radius 2 is 2.24 bits per heavy atom. The molecule has 0 spiro atoms. The standard InChI is InChI=1S/C9H11ClN2O4S/c1-6(9(13)16-2)12-17(14,15)7-3-4-11-8(10)5-7/h3-6,12H,1-2H3/t6-/m0/s1. The summed E-state index contributed by atoms with van der Waals surface area (Å²) >= 11 is 5.58. The summed E-state index contributed by atoms with van der Waals surface area (Å²) in [4.78, 5) is 14.7. The van der Waals surface area contributed by atoms with Gasteiger partial charge in [0.2, 0.25) is 10.0 Å². The Morgan fingerprint density at radius 1 is 1.59 bits per heavy atom. The second kappa shape index (κ2) is 5.44. The molecule has 0 unspecified atom stereocenters. The fraction of sp³-hybridized carbons (Fsp3) is 0.333. The van der Waals surface area contributed by atoms with Crippen LogP contribution in [0.2, 0.25) is 5.15 Å². The topological polar surface area (TPSA) is 85.4 Å². The van der Waals surface area contributed by atoms with Crippen molar-refractivity contribution in [3.63, 3.8) is 0 Å². The summed E-state index contributed by atoms with van der Waals surface area (Å²) < 4.78 is 30.2. The van der Waals surface area contributed by atoms with Crippen LogP contribution in [0.3, 0.4) is 0 Å². The lowest BCUT2D eigenvalue weighted by atomic mass is 10.4. The maximum atomic E-state index is 11.8. The van der Waals surface area contributed by atoms with Crippen molar-refractivity contribution in [1.29, 1.82) is 0 Å². The molecular weight excluding hydrogens is 268 g/mol. The number of halogens is 1. The molecule has 1 rings (SSSR count). The highest BCUT2D eigenvalue weighted by Gasteiger charge is 2.22. The molecule has 0 aliphatic carbocycles. The van der Waals surface area contributed by atoms with E-state index in [1.165, 1.54) is 32.4 Å². The van der Waals surface area contributed by atoms with Gasteiger partial charge < -0.3 is 4.74 Å². The predicted molar refractivity (Wildman–Crippen MR) is 61.0 cm³/mol. The third kappa shape index (κ3) is 3.65. The number of aromatic nitrogens is 1. The Bertz CT molecular complexity index is 517. The second-order valence-corrected chi connectivity index (χ2v) is 5.28. The zero-order valence-corrected chi connectivity index (χ0v) is 10.7. The predicted octanol–water partition coefficient (Wildman–Crippen LogP) is 0.575. The number of nitrogens with one attached hydrogen (secondary N) is 1. The van der Waals surface area contributed by atoms with Crippen molar-refractivity contribution in [3.05, 3.63) is 23.5 Å². The monoisotopic (exact) mass is 278 g/mol. The van der Waals surface area contributed by atoms with Gasteiger partial charge in [0.05, 0.1) is 12.0 Å². The van der Waals surface area contributed by atoms with Crippen LogP contribution in [0.25, 0.3) is 0 Å². The molecule has 1 aromatic heterocycles. The zero-order chi connectivity index (χ0) is 13.1. The van der Waals surface area contributed by atoms with Gasteiger partial charge in [0.1, 0.15) is 11.2 Å². The van der Waals surface area contributed by atoms with Gasteiger partial charge in [-0.25, -0.2) is 13.4 Å². The molecule has 1 heterocycles. The Labute approximate surface area is 104 Å². The largest absolute Gasteiger partial charge is 0.468 e. The summed E-state index contributed by atoms with van der Waals surface area (Å²) in [6.07, 6.45) is 1.26. The smallest absolute Gasteiger partial charge is 0.323 e. The molecule has 0 saturated carbocycles. The number of ether oxygens (including phenoxy) is 1. The Morgan fingerprint density at radius 3 is 2.76 bits per heavy atom. The second-order valence-electron chi connectivity index (χ2n) is 3.18. The first-order valence-electron chi connectivity index (χ1n) is 4.58. The molecule has 0 aliphatic rings. The van der Waals surface area contributed by atoms with Crippen LogP contribution in [0.1, 0.15) is 6.92 Å². The summed E-state index contributed by atoms with van der Waals surface area (Å²) in [7, 11) is -2.64. The highest BCUT2D eigenvalue weighted by Crippen LogP contribution is 2.13. The van der Waals surface area contributed by atoms with Crippen LogP contribution < -0.4 is 4.72 Å². The van der Waals surface area contributed by atoms with E-state index in [1.807, 2.05) is 0 Å². The van der Waals surface area contributed by atoms with E-state index < -0.39 is 22.0 Å². The highest BCUT2D eigenvalue weighted by molar-refractivity contribution is 7.89. The van der Waals surface area contributed by atoms with E-state index in [-0.39, 0.29) is 10.0 Å². The molecule has 1 N–H and O–H groups in total. The summed E-state index contributed by atoms with van der Waals surface area (Å²) in [5.41, 5.74) is 0. The molecule has 94 valence electrons. The SMILES string of the molecule is COC(=O)[C@H](C)NS(=O)(=O)c1ccnc(Cl)c1. The summed E-state index contributed by atoms with van der Waals surface area (Å²) in [5.74, 6) is -0.672. The highest BCUT2D eigenvalue weighted by atomic mass is 35.5. The Balaban J connectivity index is 2.93. The molecule has 0 radical (unpaired) electrons. The first kappa shape index (κ1) is 13.9. The minimum absolute atomic E-state index is 0.0543. The number of hydrogen-bond acceptors (Lipinski definition) is 5. The summed E-state index contributed by atoms with van der Waals surface area (Å²) in [6, 6.07) is 1.49. The van der Waals surface area contributed by atoms with Crippen molar-refractivity contribution in [1.82, 2.24) is 9.71 Å². The lowest BCUT2D eigenvalue weighted by Gasteiger charge is -2.11. The van der Waals surface area contributed by atoms with Gasteiger partial charge in [-0.15, -0.1) is 0 Å². The van der Waals surface area contributed by atoms with Gasteiger partial charge in [0, 0.05) is 6.20 Å². The third-order valence-corrected chi connectivity index (χ3v) is 3.64. The van der Waals surface area contributed by atoms with Crippen molar-refractivity contribution in [3.8, 4) is 0 Å². The fourth-order valence-electron chi connectivity index (χ4n) is 1.08. The summed E-state index contributed by atoms with van der Waals surface area (Å²) in [5, 5.41) is 0.0543. The van der Waals surface area contributed by atoms with Gasteiger partial charge in [0.15, 0.2) is 0 Å². The van der Waals surface area contributed by atoms with Crippen molar-refractivity contribution in [2.75, 3.05) is 7.11 Å². The van der Waals surface area contributed by atoms with Crippen LogP contribution in [0.4, 0.5) is 0 Å². The molecule has 0 bridgehead atoms. The van der Waals surface area contributed by atoms with Gasteiger partial charge in [0.25, 0.3) is 0 Å². The number of pyridine rings is 1. The van der Waals surface area contributed by atoms with E-state index in [1.54, 1.807) is 0 Å². The molecule has 1 atom stereocenters. The maximum Gasteiger partial charge on any atom is 0.323 e. The van der Waals surface area contributed by atoms with E-state index >= 15 is 0 Å². The number of sulfonamides is 1. The van der Waals surface area contributed by atoms with Gasteiger partial charge in [-0.05, 0) is 19.1 Å². The molecule has 0 saturated heterocycles. The summed E-state index contributed by atoms with van der Waals surface area (Å²) in [6.45, 7) is 1.38. The van der Waals surface area contributed by atoms with Gasteiger partial charge in [-0.2, -0.15) is 4.72 Å². The van der Waals surface area contributed by atoms with Crippen LogP contribution >= 0.6 is 11.6 Å². The number of hydrogen-bond donors (Lipinski definition) is 1. The van der Waals surface area contributed by atoms with E-state index in [9.17, 15) is 13.2 Å². The number of carbonyl (C=O) groups excluding carboxylic acids is 1. The van der Waals surface area contributed by atoms with Crippen LogP contribution in [0.5, 0.6) is 0 Å². The molecule has 8 heteroatoms. The minimum atomic E-state index is -3.81. The van der Waals surface area contributed by atoms with Crippen molar-refractivity contribution < 1.29 is 17.9 Å². The van der Waals surface area contributed by atoms with Gasteiger partial charge >= 0.3 is 5.97 Å². The third-order valence-electron chi connectivity index (χ3n) is 1.89. The Hall–Kier alpha value is -1.18. The number of esters is 1. The van der Waals surface area contributed by atoms with Gasteiger partial charge in [-0.3, -0.25) is 4.79 Å². The van der Waals surface area contributed by atoms with E-state index in [4.69, 9.17) is 11.6 Å². The molecule has 0 amide bonds. The number of nitrogens with zero attached hydrogens (tertiary/aromatic N) is 1. The fourth-order valence-corrected chi connectivity index (χ4v) is 2.52. The van der Waals surface area contributed by atoms with Crippen LogP contribution in [0.15, 0.2) is 23.2 Å². The van der Waals surface area contributed by atoms with Crippen molar-refractivity contribution in [2.24, 2.45) is 0 Å². The van der Waals surface area contributed by atoms with E-state index in [0.29, 0.717) is 0 Å². The quantitative estimate of drug-likeness (QED) is 0.643. The van der Waals surface area contributed by atoms with Crippen LogP contribution in [0, 0.1) is 0 Å². The number of methoxy groups -OCH3 is 1. The molecule has 0 fully saturated rings. The van der Waals surface area contributed by atoms with Crippen LogP contribution in [-0.2, 0) is 19.6 Å². The molecule has 17 heavy (non-hydrogen) atoms. The molecule has 0 aliphatic heterocycles. The average molecular weight is 279 g/mol. The number of carbonyl (C=O) groups is 1. The molecule has 0 aromatic carbocycles. The molecule has 6 nitrogen and oxygen atoms in total. The Kier molecular flexibility index (Phi) is 4.44. The first-order valence-corrected chi connectivity index (χ1v) is 6.44. The number of rotatable bonds is 4. The zero-order valence-electron chi connectivity index (χ0n) is 9.18. The molecular formula is C9H11ClN2O4S. The van der Waals surface area contributed by atoms with E-state index in [0.717, 1.165) is 0 Å².